The molecule has 20 heavy (non-hydrogen) atoms. The summed E-state index contributed by atoms with van der Waals surface area (Å²) in [5.74, 6) is 0.831. The maximum absolute atomic E-state index is 12.2. The molecule has 1 aliphatic rings. The average molecular weight is 300 g/mol. The molecule has 0 spiro atoms. The van der Waals surface area contributed by atoms with Crippen LogP contribution in [-0.2, 0) is 16.6 Å². The van der Waals surface area contributed by atoms with E-state index in [-0.39, 0.29) is 5.03 Å². The lowest BCUT2D eigenvalue weighted by molar-refractivity contribution is 0.559. The fraction of sp³-hybridized carbons (Fsp3) is 0.769. The Morgan fingerprint density at radius 2 is 2.20 bits per heavy atom. The second-order valence-corrected chi connectivity index (χ2v) is 7.45. The Balaban J connectivity index is 1.88. The molecular weight excluding hydrogens is 276 g/mol. The SMILES string of the molecule is CC(C)NCc1cn[nH]c1S(=O)(=O)NCCCC1CC1. The summed E-state index contributed by atoms with van der Waals surface area (Å²) in [6.45, 7) is 5.02. The summed E-state index contributed by atoms with van der Waals surface area (Å²) in [5, 5.41) is 9.82. The Kier molecular flexibility index (Phi) is 5.17. The van der Waals surface area contributed by atoms with Crippen LogP contribution >= 0.6 is 0 Å². The third kappa shape index (κ3) is 4.57. The minimum atomic E-state index is -3.48. The fourth-order valence-electron chi connectivity index (χ4n) is 2.05. The highest BCUT2D eigenvalue weighted by atomic mass is 32.2. The summed E-state index contributed by atoms with van der Waals surface area (Å²) in [5.41, 5.74) is 0.674. The van der Waals surface area contributed by atoms with Gasteiger partial charge < -0.3 is 5.32 Å². The largest absolute Gasteiger partial charge is 0.310 e. The van der Waals surface area contributed by atoms with Crippen molar-refractivity contribution in [2.75, 3.05) is 6.54 Å². The lowest BCUT2D eigenvalue weighted by Gasteiger charge is -2.09. The zero-order valence-electron chi connectivity index (χ0n) is 12.1. The molecule has 3 N–H and O–H groups in total. The van der Waals surface area contributed by atoms with Crippen LogP contribution in [0.15, 0.2) is 11.2 Å². The number of H-pyrrole nitrogens is 1. The van der Waals surface area contributed by atoms with Crippen molar-refractivity contribution in [2.45, 2.75) is 57.1 Å². The molecule has 2 rings (SSSR count). The van der Waals surface area contributed by atoms with Gasteiger partial charge in [-0.05, 0) is 18.8 Å². The molecule has 0 amide bonds. The van der Waals surface area contributed by atoms with E-state index >= 15 is 0 Å². The second kappa shape index (κ2) is 6.69. The lowest BCUT2D eigenvalue weighted by atomic mass is 10.2. The van der Waals surface area contributed by atoms with Gasteiger partial charge in [0.05, 0.1) is 6.20 Å². The van der Waals surface area contributed by atoms with Crippen molar-refractivity contribution in [1.29, 1.82) is 0 Å². The molecule has 114 valence electrons. The molecule has 0 radical (unpaired) electrons. The van der Waals surface area contributed by atoms with E-state index < -0.39 is 10.0 Å². The molecule has 1 aromatic heterocycles. The molecular formula is C13H24N4O2S. The molecule has 1 saturated carbocycles. The molecule has 1 aromatic rings. The first-order chi connectivity index (χ1) is 9.49. The van der Waals surface area contributed by atoms with E-state index in [1.54, 1.807) is 6.20 Å². The van der Waals surface area contributed by atoms with Crippen molar-refractivity contribution in [3.63, 3.8) is 0 Å². The van der Waals surface area contributed by atoms with Gasteiger partial charge in [-0.25, -0.2) is 13.1 Å². The normalized spacial score (nSPS) is 15.9. The summed E-state index contributed by atoms with van der Waals surface area (Å²) in [7, 11) is -3.48. The van der Waals surface area contributed by atoms with Crippen molar-refractivity contribution in [3.05, 3.63) is 11.8 Å². The maximum atomic E-state index is 12.2. The summed E-state index contributed by atoms with van der Waals surface area (Å²) in [6.07, 6.45) is 6.19. The van der Waals surface area contributed by atoms with E-state index in [2.05, 4.69) is 20.2 Å². The van der Waals surface area contributed by atoms with Crippen LogP contribution in [0, 0.1) is 5.92 Å². The number of rotatable bonds is 9. The number of nitrogens with zero attached hydrogens (tertiary/aromatic N) is 1. The van der Waals surface area contributed by atoms with Crippen molar-refractivity contribution in [3.8, 4) is 0 Å². The van der Waals surface area contributed by atoms with Crippen LogP contribution in [0.4, 0.5) is 0 Å². The van der Waals surface area contributed by atoms with Crippen LogP contribution in [0.25, 0.3) is 0 Å². The van der Waals surface area contributed by atoms with Gasteiger partial charge in [-0.2, -0.15) is 5.10 Å². The first-order valence-electron chi connectivity index (χ1n) is 7.24. The third-order valence-corrected chi connectivity index (χ3v) is 4.90. The predicted octanol–water partition coefficient (Wildman–Crippen LogP) is 1.38. The van der Waals surface area contributed by atoms with Gasteiger partial charge >= 0.3 is 0 Å². The van der Waals surface area contributed by atoms with Crippen LogP contribution < -0.4 is 10.0 Å². The monoisotopic (exact) mass is 300 g/mol. The zero-order chi connectivity index (χ0) is 14.6. The Hall–Kier alpha value is -0.920. The molecule has 1 heterocycles. The third-order valence-electron chi connectivity index (χ3n) is 3.43. The van der Waals surface area contributed by atoms with Gasteiger partial charge in [-0.1, -0.05) is 26.7 Å². The minimum absolute atomic E-state index is 0.178. The van der Waals surface area contributed by atoms with Crippen LogP contribution in [0.5, 0.6) is 0 Å². The summed E-state index contributed by atoms with van der Waals surface area (Å²) in [6, 6.07) is 0.298. The standard InChI is InChI=1S/C13H24N4O2S/c1-10(2)14-8-12-9-15-17-13(12)20(18,19)16-7-3-4-11-5-6-11/h9-11,14,16H,3-8H2,1-2H3,(H,15,17). The van der Waals surface area contributed by atoms with E-state index in [4.69, 9.17) is 0 Å². The zero-order valence-corrected chi connectivity index (χ0v) is 13.0. The van der Waals surface area contributed by atoms with E-state index in [1.165, 1.54) is 12.8 Å². The molecule has 0 unspecified atom stereocenters. The van der Waals surface area contributed by atoms with Gasteiger partial charge in [0.15, 0.2) is 5.03 Å². The molecule has 0 atom stereocenters. The van der Waals surface area contributed by atoms with E-state index in [0.29, 0.717) is 24.7 Å². The van der Waals surface area contributed by atoms with Gasteiger partial charge in [0.1, 0.15) is 0 Å². The Bertz CT molecular complexity index is 520. The second-order valence-electron chi connectivity index (χ2n) is 5.74. The first-order valence-corrected chi connectivity index (χ1v) is 8.72. The molecule has 0 saturated heterocycles. The number of sulfonamides is 1. The summed E-state index contributed by atoms with van der Waals surface area (Å²) in [4.78, 5) is 0. The van der Waals surface area contributed by atoms with Crippen LogP contribution in [-0.4, -0.2) is 31.2 Å². The quantitative estimate of drug-likeness (QED) is 0.601. The number of aromatic amines is 1. The fourth-order valence-corrected chi connectivity index (χ4v) is 3.25. The van der Waals surface area contributed by atoms with Crippen molar-refractivity contribution in [2.24, 2.45) is 5.92 Å². The molecule has 0 aliphatic heterocycles. The maximum Gasteiger partial charge on any atom is 0.257 e. The van der Waals surface area contributed by atoms with Gasteiger partial charge in [0, 0.05) is 24.7 Å². The van der Waals surface area contributed by atoms with E-state index in [1.807, 2.05) is 13.8 Å². The van der Waals surface area contributed by atoms with Gasteiger partial charge in [-0.3, -0.25) is 5.10 Å². The van der Waals surface area contributed by atoms with E-state index in [0.717, 1.165) is 18.8 Å². The molecule has 1 aliphatic carbocycles. The molecule has 0 bridgehead atoms. The van der Waals surface area contributed by atoms with Gasteiger partial charge in [0.25, 0.3) is 10.0 Å². The highest BCUT2D eigenvalue weighted by molar-refractivity contribution is 7.89. The Morgan fingerprint density at radius 1 is 1.45 bits per heavy atom. The van der Waals surface area contributed by atoms with Crippen LogP contribution in [0.2, 0.25) is 0 Å². The Morgan fingerprint density at radius 3 is 2.85 bits per heavy atom. The topological polar surface area (TPSA) is 86.9 Å². The number of aromatic nitrogens is 2. The predicted molar refractivity (Wildman–Crippen MR) is 77.7 cm³/mol. The highest BCUT2D eigenvalue weighted by Gasteiger charge is 2.22. The molecule has 1 fully saturated rings. The number of nitrogens with one attached hydrogen (secondary N) is 3. The lowest BCUT2D eigenvalue weighted by Crippen LogP contribution is -2.28. The van der Waals surface area contributed by atoms with E-state index in [9.17, 15) is 8.42 Å². The highest BCUT2D eigenvalue weighted by Crippen LogP contribution is 2.33. The smallest absolute Gasteiger partial charge is 0.257 e. The van der Waals surface area contributed by atoms with Crippen molar-refractivity contribution in [1.82, 2.24) is 20.2 Å². The van der Waals surface area contributed by atoms with Crippen molar-refractivity contribution < 1.29 is 8.42 Å². The molecule has 6 nitrogen and oxygen atoms in total. The van der Waals surface area contributed by atoms with Gasteiger partial charge in [0.2, 0.25) is 0 Å². The minimum Gasteiger partial charge on any atom is -0.310 e. The van der Waals surface area contributed by atoms with Crippen molar-refractivity contribution >= 4 is 10.0 Å². The first kappa shape index (κ1) is 15.5. The number of hydrogen-bond donors (Lipinski definition) is 3. The average Bonchev–Trinajstić information content (AvgIpc) is 3.07. The Labute approximate surface area is 120 Å². The van der Waals surface area contributed by atoms with Crippen LogP contribution in [0.3, 0.4) is 0 Å². The summed E-state index contributed by atoms with van der Waals surface area (Å²) >= 11 is 0. The van der Waals surface area contributed by atoms with Crippen LogP contribution in [0.1, 0.15) is 45.1 Å². The molecule has 0 aromatic carbocycles. The number of hydrogen-bond acceptors (Lipinski definition) is 4. The van der Waals surface area contributed by atoms with Gasteiger partial charge in [-0.15, -0.1) is 0 Å². The summed E-state index contributed by atoms with van der Waals surface area (Å²) < 4.78 is 27.1. The molecule has 7 heteroatoms.